The molecule has 4 aromatic rings. The van der Waals surface area contributed by atoms with E-state index in [1.54, 1.807) is 0 Å². The highest BCUT2D eigenvalue weighted by molar-refractivity contribution is 5.81. The minimum atomic E-state index is 0.158. The number of nitrogens with one attached hydrogen (secondary N) is 1. The van der Waals surface area contributed by atoms with Crippen LogP contribution in [0.4, 0.5) is 0 Å². The highest BCUT2D eigenvalue weighted by Crippen LogP contribution is 2.30. The molecule has 0 spiro atoms. The van der Waals surface area contributed by atoms with E-state index in [2.05, 4.69) is 69.1 Å². The second-order valence-electron chi connectivity index (χ2n) is 8.34. The summed E-state index contributed by atoms with van der Waals surface area (Å²) in [7, 11) is 0. The molecule has 0 unspecified atom stereocenters. The van der Waals surface area contributed by atoms with Crippen LogP contribution in [0.2, 0.25) is 0 Å². The normalized spacial score (nSPS) is 11.7. The Morgan fingerprint density at radius 1 is 0.929 bits per heavy atom. The number of rotatable bonds is 4. The van der Waals surface area contributed by atoms with Crippen LogP contribution in [0.1, 0.15) is 37.5 Å². The second kappa shape index (κ2) is 7.16. The fourth-order valence-electron chi connectivity index (χ4n) is 3.30. The van der Waals surface area contributed by atoms with Crippen LogP contribution in [0.15, 0.2) is 66.7 Å². The highest BCUT2D eigenvalue weighted by atomic mass is 16.5. The molecule has 0 aliphatic rings. The van der Waals surface area contributed by atoms with Gasteiger partial charge in [-0.1, -0.05) is 63.2 Å². The van der Waals surface area contributed by atoms with E-state index in [0.29, 0.717) is 6.61 Å². The van der Waals surface area contributed by atoms with Gasteiger partial charge in [0.15, 0.2) is 0 Å². The van der Waals surface area contributed by atoms with Crippen LogP contribution >= 0.6 is 0 Å². The first kappa shape index (κ1) is 18.3. The number of ether oxygens (including phenoxy) is 1. The lowest BCUT2D eigenvalue weighted by Crippen LogP contribution is -2.10. The summed E-state index contributed by atoms with van der Waals surface area (Å²) in [6.07, 6.45) is 0. The molecular weight excluding hydrogens is 344 g/mol. The SMILES string of the molecule is Cc1ccc2nc(-c3ccccc3OCc3ccc(C(C)(C)C)cc3)[nH]c2c1. The van der Waals surface area contributed by atoms with Crippen molar-refractivity contribution in [2.24, 2.45) is 0 Å². The van der Waals surface area contributed by atoms with E-state index in [1.807, 2.05) is 30.3 Å². The summed E-state index contributed by atoms with van der Waals surface area (Å²) in [6.45, 7) is 9.29. The lowest BCUT2D eigenvalue weighted by atomic mass is 9.87. The molecule has 4 rings (SSSR count). The standard InChI is InChI=1S/C25H26N2O/c1-17-9-14-21-22(15-17)27-24(26-21)20-7-5-6-8-23(20)28-16-18-10-12-19(13-11-18)25(2,3)4/h5-15H,16H2,1-4H3,(H,26,27). The quantitative estimate of drug-likeness (QED) is 0.450. The lowest BCUT2D eigenvalue weighted by Gasteiger charge is -2.19. The molecule has 0 radical (unpaired) electrons. The van der Waals surface area contributed by atoms with E-state index < -0.39 is 0 Å². The van der Waals surface area contributed by atoms with E-state index in [1.165, 1.54) is 11.1 Å². The summed E-state index contributed by atoms with van der Waals surface area (Å²) in [5, 5.41) is 0. The summed E-state index contributed by atoms with van der Waals surface area (Å²) in [4.78, 5) is 8.17. The largest absolute Gasteiger partial charge is 0.488 e. The van der Waals surface area contributed by atoms with Crippen molar-refractivity contribution in [1.29, 1.82) is 0 Å². The van der Waals surface area contributed by atoms with Crippen molar-refractivity contribution in [3.8, 4) is 17.1 Å². The molecule has 0 atom stereocenters. The Balaban J connectivity index is 1.57. The van der Waals surface area contributed by atoms with Crippen molar-refractivity contribution in [2.75, 3.05) is 0 Å². The minimum Gasteiger partial charge on any atom is -0.488 e. The maximum Gasteiger partial charge on any atom is 0.142 e. The van der Waals surface area contributed by atoms with Crippen molar-refractivity contribution in [2.45, 2.75) is 39.7 Å². The fraction of sp³-hybridized carbons (Fsp3) is 0.240. The summed E-state index contributed by atoms with van der Waals surface area (Å²) >= 11 is 0. The molecule has 0 fully saturated rings. The number of H-pyrrole nitrogens is 1. The molecule has 0 amide bonds. The second-order valence-corrected chi connectivity index (χ2v) is 8.34. The van der Waals surface area contributed by atoms with Gasteiger partial charge in [-0.05, 0) is 53.3 Å². The van der Waals surface area contributed by atoms with Gasteiger partial charge in [0.1, 0.15) is 18.2 Å². The summed E-state index contributed by atoms with van der Waals surface area (Å²) in [6, 6.07) is 23.0. The molecule has 28 heavy (non-hydrogen) atoms. The Morgan fingerprint density at radius 2 is 1.68 bits per heavy atom. The Hall–Kier alpha value is -3.07. The van der Waals surface area contributed by atoms with Crippen molar-refractivity contribution in [1.82, 2.24) is 9.97 Å². The Labute approximate surface area is 166 Å². The topological polar surface area (TPSA) is 37.9 Å². The number of fused-ring (bicyclic) bond motifs is 1. The number of aromatic amines is 1. The van der Waals surface area contributed by atoms with Gasteiger partial charge in [0.25, 0.3) is 0 Å². The van der Waals surface area contributed by atoms with Gasteiger partial charge in [-0.2, -0.15) is 0 Å². The molecule has 0 aliphatic carbocycles. The molecule has 0 aliphatic heterocycles. The molecule has 1 N–H and O–H groups in total. The van der Waals surface area contributed by atoms with Gasteiger partial charge >= 0.3 is 0 Å². The van der Waals surface area contributed by atoms with Crippen LogP contribution in [0.3, 0.4) is 0 Å². The van der Waals surface area contributed by atoms with Crippen LogP contribution < -0.4 is 4.74 Å². The van der Waals surface area contributed by atoms with Crippen molar-refractivity contribution < 1.29 is 4.74 Å². The van der Waals surface area contributed by atoms with Crippen molar-refractivity contribution in [3.05, 3.63) is 83.4 Å². The van der Waals surface area contributed by atoms with Gasteiger partial charge in [-0.15, -0.1) is 0 Å². The number of aryl methyl sites for hydroxylation is 1. The number of imidazole rings is 1. The zero-order valence-corrected chi connectivity index (χ0v) is 16.9. The predicted octanol–water partition coefficient (Wildman–Crippen LogP) is 6.41. The van der Waals surface area contributed by atoms with E-state index in [9.17, 15) is 0 Å². The predicted molar refractivity (Wildman–Crippen MR) is 116 cm³/mol. The zero-order valence-electron chi connectivity index (χ0n) is 16.9. The Kier molecular flexibility index (Phi) is 4.68. The molecule has 1 aromatic heterocycles. The van der Waals surface area contributed by atoms with Gasteiger partial charge in [-0.25, -0.2) is 4.98 Å². The molecule has 0 saturated heterocycles. The van der Waals surface area contributed by atoms with Crippen molar-refractivity contribution in [3.63, 3.8) is 0 Å². The monoisotopic (exact) mass is 370 g/mol. The third-order valence-corrected chi connectivity index (χ3v) is 4.99. The molecule has 142 valence electrons. The van der Waals surface area contributed by atoms with Gasteiger partial charge in [-0.3, -0.25) is 0 Å². The molecule has 1 heterocycles. The average Bonchev–Trinajstić information content (AvgIpc) is 3.09. The number of para-hydroxylation sites is 1. The summed E-state index contributed by atoms with van der Waals surface area (Å²) < 4.78 is 6.16. The molecule has 3 aromatic carbocycles. The van der Waals surface area contributed by atoms with Crippen LogP contribution in [0, 0.1) is 6.92 Å². The number of benzene rings is 3. The van der Waals surface area contributed by atoms with Crippen molar-refractivity contribution >= 4 is 11.0 Å². The molecule has 0 saturated carbocycles. The summed E-state index contributed by atoms with van der Waals surface area (Å²) in [5.41, 5.74) is 6.84. The fourth-order valence-corrected chi connectivity index (χ4v) is 3.30. The van der Waals surface area contributed by atoms with Gasteiger partial charge in [0, 0.05) is 0 Å². The lowest BCUT2D eigenvalue weighted by molar-refractivity contribution is 0.307. The maximum absolute atomic E-state index is 6.16. The average molecular weight is 370 g/mol. The number of hydrogen-bond donors (Lipinski definition) is 1. The Bertz CT molecular complexity index is 1100. The van der Waals surface area contributed by atoms with E-state index in [0.717, 1.165) is 33.7 Å². The molecule has 3 heteroatoms. The van der Waals surface area contributed by atoms with Crippen LogP contribution in [-0.2, 0) is 12.0 Å². The van der Waals surface area contributed by atoms with Gasteiger partial charge < -0.3 is 9.72 Å². The van der Waals surface area contributed by atoms with Crippen LogP contribution in [0.5, 0.6) is 5.75 Å². The summed E-state index contributed by atoms with van der Waals surface area (Å²) in [5.74, 6) is 1.66. The van der Waals surface area contributed by atoms with Crippen LogP contribution in [-0.4, -0.2) is 9.97 Å². The Morgan fingerprint density at radius 3 is 2.43 bits per heavy atom. The number of hydrogen-bond acceptors (Lipinski definition) is 2. The molecule has 0 bridgehead atoms. The first-order chi connectivity index (χ1) is 13.4. The van der Waals surface area contributed by atoms with Gasteiger partial charge in [0.2, 0.25) is 0 Å². The molecule has 3 nitrogen and oxygen atoms in total. The first-order valence-corrected chi connectivity index (χ1v) is 9.68. The maximum atomic E-state index is 6.16. The highest BCUT2D eigenvalue weighted by Gasteiger charge is 2.14. The third-order valence-electron chi connectivity index (χ3n) is 4.99. The van der Waals surface area contributed by atoms with Crippen LogP contribution in [0.25, 0.3) is 22.4 Å². The third kappa shape index (κ3) is 3.79. The van der Waals surface area contributed by atoms with E-state index in [4.69, 9.17) is 9.72 Å². The number of aromatic nitrogens is 2. The van der Waals surface area contributed by atoms with Gasteiger partial charge in [0.05, 0.1) is 16.6 Å². The molecular formula is C25H26N2O. The minimum absolute atomic E-state index is 0.158. The van der Waals surface area contributed by atoms with E-state index >= 15 is 0 Å². The van der Waals surface area contributed by atoms with E-state index in [-0.39, 0.29) is 5.41 Å². The zero-order chi connectivity index (χ0) is 19.7. The first-order valence-electron chi connectivity index (χ1n) is 9.68. The number of nitrogens with zero attached hydrogens (tertiary/aromatic N) is 1. The smallest absolute Gasteiger partial charge is 0.142 e.